The average Bonchev–Trinajstić information content (AvgIpc) is 3.26. The van der Waals surface area contributed by atoms with Gasteiger partial charge in [-0.3, -0.25) is 9.79 Å². The summed E-state index contributed by atoms with van der Waals surface area (Å²) in [4.78, 5) is 18.9. The molecule has 5 heteroatoms. The van der Waals surface area contributed by atoms with Crippen LogP contribution >= 0.6 is 23.1 Å². The molecule has 4 aliphatic rings. The summed E-state index contributed by atoms with van der Waals surface area (Å²) in [5.41, 5.74) is 3.40. The van der Waals surface area contributed by atoms with E-state index in [0.29, 0.717) is 5.25 Å². The molecule has 5 rings (SSSR count). The lowest BCUT2D eigenvalue weighted by Crippen LogP contribution is -2.57. The fourth-order valence-corrected chi connectivity index (χ4v) is 7.49. The SMILES string of the molecule is O=C1NC2(CCC2)Cc2c(C3=NCC=C3)sc(SC3CCCC3)c21. The van der Waals surface area contributed by atoms with E-state index in [4.69, 9.17) is 0 Å². The maximum Gasteiger partial charge on any atom is 0.254 e. The van der Waals surface area contributed by atoms with Crippen molar-refractivity contribution in [1.29, 1.82) is 0 Å². The summed E-state index contributed by atoms with van der Waals surface area (Å²) in [6, 6.07) is 0. The van der Waals surface area contributed by atoms with Gasteiger partial charge in [-0.15, -0.1) is 23.1 Å². The molecular weight excluding hydrogens is 336 g/mol. The first-order chi connectivity index (χ1) is 11.7. The molecule has 0 radical (unpaired) electrons. The zero-order valence-electron chi connectivity index (χ0n) is 13.8. The molecule has 2 aliphatic heterocycles. The lowest BCUT2D eigenvalue weighted by Gasteiger charge is -2.45. The Morgan fingerprint density at radius 2 is 2.08 bits per heavy atom. The molecule has 0 bridgehead atoms. The summed E-state index contributed by atoms with van der Waals surface area (Å²) in [5, 5.41) is 4.04. The monoisotopic (exact) mass is 358 g/mol. The molecule has 2 aliphatic carbocycles. The number of hydrogen-bond acceptors (Lipinski definition) is 4. The average molecular weight is 359 g/mol. The Bertz CT molecular complexity index is 752. The van der Waals surface area contributed by atoms with Gasteiger partial charge in [0.15, 0.2) is 0 Å². The molecule has 1 N–H and O–H groups in total. The van der Waals surface area contributed by atoms with Gasteiger partial charge in [0, 0.05) is 10.8 Å². The van der Waals surface area contributed by atoms with Gasteiger partial charge < -0.3 is 5.32 Å². The second-order valence-electron chi connectivity index (χ2n) is 7.49. The van der Waals surface area contributed by atoms with E-state index in [1.807, 2.05) is 23.1 Å². The fraction of sp³-hybridized carbons (Fsp3) is 0.579. The van der Waals surface area contributed by atoms with Crippen LogP contribution in [0.4, 0.5) is 0 Å². The van der Waals surface area contributed by atoms with E-state index in [9.17, 15) is 4.79 Å². The van der Waals surface area contributed by atoms with Crippen LogP contribution in [0, 0.1) is 0 Å². The number of aliphatic imine (C=N–C) groups is 1. The first-order valence-corrected chi connectivity index (χ1v) is 10.8. The van der Waals surface area contributed by atoms with Crippen LogP contribution in [0.5, 0.6) is 0 Å². The minimum atomic E-state index is 0.0398. The lowest BCUT2D eigenvalue weighted by atomic mass is 9.70. The second-order valence-corrected chi connectivity index (χ2v) is 10.1. The number of carbonyl (C=O) groups excluding carboxylic acids is 1. The Hall–Kier alpha value is -1.07. The van der Waals surface area contributed by atoms with Crippen molar-refractivity contribution in [3.63, 3.8) is 0 Å². The number of thioether (sulfide) groups is 1. The molecule has 126 valence electrons. The summed E-state index contributed by atoms with van der Waals surface area (Å²) >= 11 is 3.77. The number of nitrogens with one attached hydrogen (secondary N) is 1. The quantitative estimate of drug-likeness (QED) is 0.873. The zero-order valence-corrected chi connectivity index (χ0v) is 15.4. The van der Waals surface area contributed by atoms with E-state index in [-0.39, 0.29) is 11.4 Å². The largest absolute Gasteiger partial charge is 0.346 e. The van der Waals surface area contributed by atoms with Crippen LogP contribution in [0.1, 0.15) is 65.7 Å². The summed E-state index contributed by atoms with van der Waals surface area (Å²) in [6.07, 6.45) is 14.0. The molecule has 0 aromatic carbocycles. The van der Waals surface area contributed by atoms with Crippen LogP contribution < -0.4 is 5.32 Å². The molecule has 3 heterocycles. The van der Waals surface area contributed by atoms with Crippen LogP contribution in [0.15, 0.2) is 21.4 Å². The minimum absolute atomic E-state index is 0.0398. The standard InChI is InChI=1S/C19H22N2OS2/c22-17-15-13(11-19(21-17)8-4-9-19)16(14-7-3-10-20-14)24-18(15)23-12-5-1-2-6-12/h3,7,12H,1-2,4-6,8-11H2,(H,21,22). The van der Waals surface area contributed by atoms with Gasteiger partial charge in [-0.2, -0.15) is 0 Å². The van der Waals surface area contributed by atoms with Crippen molar-refractivity contribution >= 4 is 34.7 Å². The molecule has 2 saturated carbocycles. The van der Waals surface area contributed by atoms with Gasteiger partial charge in [0.1, 0.15) is 0 Å². The van der Waals surface area contributed by atoms with Crippen molar-refractivity contribution in [2.45, 2.75) is 66.4 Å². The number of nitrogens with zero attached hydrogens (tertiary/aromatic N) is 1. The maximum absolute atomic E-state index is 12.9. The van der Waals surface area contributed by atoms with Crippen molar-refractivity contribution < 1.29 is 4.79 Å². The Morgan fingerprint density at radius 3 is 2.75 bits per heavy atom. The van der Waals surface area contributed by atoms with Gasteiger partial charge in [0.05, 0.1) is 26.9 Å². The smallest absolute Gasteiger partial charge is 0.254 e. The first kappa shape index (κ1) is 15.2. The molecule has 0 unspecified atom stereocenters. The number of allylic oxidation sites excluding steroid dienone is 1. The molecule has 1 amide bonds. The number of amides is 1. The summed E-state index contributed by atoms with van der Waals surface area (Å²) in [7, 11) is 0. The van der Waals surface area contributed by atoms with E-state index in [1.165, 1.54) is 46.8 Å². The molecule has 3 nitrogen and oxygen atoms in total. The molecule has 0 saturated heterocycles. The number of fused-ring (bicyclic) bond motifs is 1. The lowest BCUT2D eigenvalue weighted by molar-refractivity contribution is 0.0794. The fourth-order valence-electron chi connectivity index (χ4n) is 4.39. The van der Waals surface area contributed by atoms with Crippen molar-refractivity contribution in [2.24, 2.45) is 4.99 Å². The normalized spacial score (nSPS) is 24.8. The Morgan fingerprint density at radius 1 is 1.25 bits per heavy atom. The maximum atomic E-state index is 12.9. The van der Waals surface area contributed by atoms with E-state index in [1.54, 1.807) is 0 Å². The third kappa shape index (κ3) is 2.39. The van der Waals surface area contributed by atoms with E-state index >= 15 is 0 Å². The van der Waals surface area contributed by atoms with Crippen molar-refractivity contribution in [3.05, 3.63) is 28.2 Å². The Balaban J connectivity index is 1.57. The molecule has 0 atom stereocenters. The molecular formula is C19H22N2OS2. The highest BCUT2D eigenvalue weighted by Crippen LogP contribution is 2.48. The van der Waals surface area contributed by atoms with Gasteiger partial charge >= 0.3 is 0 Å². The molecule has 2 fully saturated rings. The topological polar surface area (TPSA) is 41.5 Å². The van der Waals surface area contributed by atoms with Crippen LogP contribution in [-0.4, -0.2) is 29.0 Å². The van der Waals surface area contributed by atoms with Crippen molar-refractivity contribution in [3.8, 4) is 0 Å². The predicted octanol–water partition coefficient (Wildman–Crippen LogP) is 4.35. The van der Waals surface area contributed by atoms with Gasteiger partial charge in [0.25, 0.3) is 5.91 Å². The van der Waals surface area contributed by atoms with Crippen LogP contribution in [0.2, 0.25) is 0 Å². The third-order valence-corrected chi connectivity index (χ3v) is 8.67. The van der Waals surface area contributed by atoms with Gasteiger partial charge in [-0.05, 0) is 50.2 Å². The van der Waals surface area contributed by atoms with E-state index in [0.717, 1.165) is 37.1 Å². The van der Waals surface area contributed by atoms with Crippen LogP contribution in [-0.2, 0) is 6.42 Å². The molecule has 1 aromatic rings. The minimum Gasteiger partial charge on any atom is -0.346 e. The number of hydrogen-bond donors (Lipinski definition) is 1. The third-order valence-electron chi connectivity index (χ3n) is 5.86. The van der Waals surface area contributed by atoms with Gasteiger partial charge in [-0.1, -0.05) is 18.9 Å². The van der Waals surface area contributed by atoms with Crippen LogP contribution in [0.25, 0.3) is 0 Å². The van der Waals surface area contributed by atoms with Gasteiger partial charge in [-0.25, -0.2) is 0 Å². The molecule has 1 aromatic heterocycles. The van der Waals surface area contributed by atoms with E-state index in [2.05, 4.69) is 22.5 Å². The van der Waals surface area contributed by atoms with Crippen molar-refractivity contribution in [1.82, 2.24) is 5.32 Å². The summed E-state index contributed by atoms with van der Waals surface area (Å²) in [6.45, 7) is 0.782. The molecule has 24 heavy (non-hydrogen) atoms. The number of rotatable bonds is 3. The van der Waals surface area contributed by atoms with E-state index < -0.39 is 0 Å². The van der Waals surface area contributed by atoms with Crippen molar-refractivity contribution in [2.75, 3.05) is 6.54 Å². The summed E-state index contributed by atoms with van der Waals surface area (Å²) < 4.78 is 1.24. The second kappa shape index (κ2) is 5.73. The predicted molar refractivity (Wildman–Crippen MR) is 101 cm³/mol. The molecule has 1 spiro atoms. The van der Waals surface area contributed by atoms with Crippen LogP contribution in [0.3, 0.4) is 0 Å². The Kier molecular flexibility index (Phi) is 3.63. The number of carbonyl (C=O) groups is 1. The Labute approximate surface area is 151 Å². The number of thiophene rings is 1. The highest BCUT2D eigenvalue weighted by Gasteiger charge is 2.45. The first-order valence-electron chi connectivity index (χ1n) is 9.10. The zero-order chi connectivity index (χ0) is 16.1. The van der Waals surface area contributed by atoms with Gasteiger partial charge in [0.2, 0.25) is 0 Å². The highest BCUT2D eigenvalue weighted by atomic mass is 32.2. The summed E-state index contributed by atoms with van der Waals surface area (Å²) in [5.74, 6) is 0.168. The highest BCUT2D eigenvalue weighted by molar-refractivity contribution is 8.01.